The van der Waals surface area contributed by atoms with Crippen LogP contribution in [0.15, 0.2) is 53.3 Å². The number of benzene rings is 2. The standard InChI is InChI=1S/C27H22F2N4O3/c1-14-6-22(23(28)10-21(14)20-4-5-30-11-24(20)29)26-31-25(32-36-26)15-2-3-16-12-33(13-18(16)7-15)19-8-17(9-19)27(34)35/h2-7,10-11,17,19H,8-9,12-13H2,1H3,(H,34,35)/t17-,19-. The SMILES string of the molecule is Cc1cc(-c2nc(-c3ccc4c(c3)CN([C@H]3C[C@H](C(=O)O)C3)C4)no2)c(F)cc1-c1ccncc1F. The number of aromatic nitrogens is 3. The number of carboxylic acid groups (broad SMARTS) is 1. The van der Waals surface area contributed by atoms with Crippen LogP contribution in [0, 0.1) is 24.5 Å². The van der Waals surface area contributed by atoms with E-state index in [2.05, 4.69) is 20.0 Å². The number of fused-ring (bicyclic) bond motifs is 1. The van der Waals surface area contributed by atoms with Gasteiger partial charge in [0.15, 0.2) is 0 Å². The van der Waals surface area contributed by atoms with E-state index in [4.69, 9.17) is 9.63 Å². The lowest BCUT2D eigenvalue weighted by molar-refractivity contribution is -0.147. The van der Waals surface area contributed by atoms with Gasteiger partial charge in [-0.25, -0.2) is 8.78 Å². The van der Waals surface area contributed by atoms with Crippen molar-refractivity contribution in [3.63, 3.8) is 0 Å². The molecule has 4 aromatic rings. The molecule has 2 aliphatic rings. The van der Waals surface area contributed by atoms with E-state index in [-0.39, 0.29) is 29.0 Å². The fourth-order valence-corrected chi connectivity index (χ4v) is 5.09. The molecule has 0 radical (unpaired) electrons. The highest BCUT2D eigenvalue weighted by Crippen LogP contribution is 2.38. The van der Waals surface area contributed by atoms with E-state index < -0.39 is 17.6 Å². The van der Waals surface area contributed by atoms with E-state index in [1.54, 1.807) is 13.0 Å². The van der Waals surface area contributed by atoms with Crippen molar-refractivity contribution in [1.82, 2.24) is 20.0 Å². The van der Waals surface area contributed by atoms with Crippen molar-refractivity contribution in [1.29, 1.82) is 0 Å². The van der Waals surface area contributed by atoms with Crippen molar-refractivity contribution in [2.75, 3.05) is 0 Å². The Morgan fingerprint density at radius 3 is 2.61 bits per heavy atom. The first-order valence-electron chi connectivity index (χ1n) is 11.7. The Labute approximate surface area is 205 Å². The van der Waals surface area contributed by atoms with Crippen LogP contribution >= 0.6 is 0 Å². The van der Waals surface area contributed by atoms with Crippen LogP contribution in [0.1, 0.15) is 29.5 Å². The first kappa shape index (κ1) is 22.5. The van der Waals surface area contributed by atoms with Crippen LogP contribution in [0.3, 0.4) is 0 Å². The normalized spacial score (nSPS) is 19.2. The molecule has 0 bridgehead atoms. The molecule has 0 atom stereocenters. The van der Waals surface area contributed by atoms with Crippen molar-refractivity contribution >= 4 is 5.97 Å². The van der Waals surface area contributed by atoms with Gasteiger partial charge in [-0.2, -0.15) is 4.98 Å². The molecule has 7 nitrogen and oxygen atoms in total. The third kappa shape index (κ3) is 3.85. The quantitative estimate of drug-likeness (QED) is 0.411. The number of hydrogen-bond donors (Lipinski definition) is 1. The third-order valence-corrected chi connectivity index (χ3v) is 7.22. The van der Waals surface area contributed by atoms with Gasteiger partial charge in [-0.1, -0.05) is 17.3 Å². The predicted molar refractivity (Wildman–Crippen MR) is 126 cm³/mol. The second-order valence-electron chi connectivity index (χ2n) is 9.47. The van der Waals surface area contributed by atoms with Crippen LogP contribution in [-0.4, -0.2) is 37.1 Å². The van der Waals surface area contributed by atoms with Crippen LogP contribution < -0.4 is 0 Å². The summed E-state index contributed by atoms with van der Waals surface area (Å²) in [5, 5.41) is 13.2. The van der Waals surface area contributed by atoms with Crippen LogP contribution in [0.4, 0.5) is 8.78 Å². The molecule has 6 rings (SSSR count). The monoisotopic (exact) mass is 488 g/mol. The Bertz CT molecular complexity index is 1500. The molecule has 1 fully saturated rings. The number of halogens is 2. The van der Waals surface area contributed by atoms with Crippen molar-refractivity contribution < 1.29 is 23.2 Å². The smallest absolute Gasteiger partial charge is 0.306 e. The molecule has 3 heterocycles. The van der Waals surface area contributed by atoms with Gasteiger partial charge in [0.2, 0.25) is 5.82 Å². The summed E-state index contributed by atoms with van der Waals surface area (Å²) in [5.74, 6) is -1.68. The number of nitrogens with zero attached hydrogens (tertiary/aromatic N) is 4. The molecular formula is C27H22F2N4O3. The molecular weight excluding hydrogens is 466 g/mol. The minimum atomic E-state index is -0.719. The van der Waals surface area contributed by atoms with E-state index in [9.17, 15) is 9.18 Å². The van der Waals surface area contributed by atoms with Crippen LogP contribution in [-0.2, 0) is 17.9 Å². The van der Waals surface area contributed by atoms with Crippen LogP contribution in [0.5, 0.6) is 0 Å². The first-order chi connectivity index (χ1) is 17.4. The van der Waals surface area contributed by atoms with Gasteiger partial charge in [0.05, 0.1) is 17.7 Å². The maximum absolute atomic E-state index is 15.1. The summed E-state index contributed by atoms with van der Waals surface area (Å²) in [6.07, 6.45) is 3.92. The highest BCUT2D eigenvalue weighted by Gasteiger charge is 2.39. The molecule has 182 valence electrons. The summed E-state index contributed by atoms with van der Waals surface area (Å²) in [5.41, 5.74) is 4.61. The number of pyridine rings is 1. The third-order valence-electron chi connectivity index (χ3n) is 7.22. The molecule has 0 unspecified atom stereocenters. The fraction of sp³-hybridized carbons (Fsp3) is 0.259. The van der Waals surface area contributed by atoms with Gasteiger partial charge < -0.3 is 9.63 Å². The fourth-order valence-electron chi connectivity index (χ4n) is 5.09. The van der Waals surface area contributed by atoms with E-state index >= 15 is 4.39 Å². The minimum Gasteiger partial charge on any atom is -0.481 e. The predicted octanol–water partition coefficient (Wildman–Crippen LogP) is 5.23. The highest BCUT2D eigenvalue weighted by atomic mass is 19.1. The summed E-state index contributed by atoms with van der Waals surface area (Å²) in [6, 6.07) is 10.6. The molecule has 0 spiro atoms. The largest absolute Gasteiger partial charge is 0.481 e. The molecule has 1 aliphatic heterocycles. The Hall–Kier alpha value is -3.98. The number of aliphatic carboxylic acids is 1. The van der Waals surface area contributed by atoms with Crippen LogP contribution in [0.25, 0.3) is 34.0 Å². The Morgan fingerprint density at radius 1 is 1.03 bits per heavy atom. The van der Waals surface area contributed by atoms with Gasteiger partial charge in [0.25, 0.3) is 5.89 Å². The summed E-state index contributed by atoms with van der Waals surface area (Å²) >= 11 is 0. The second kappa shape index (κ2) is 8.60. The molecule has 1 aliphatic carbocycles. The van der Waals surface area contributed by atoms with Gasteiger partial charge in [-0.3, -0.25) is 14.7 Å². The summed E-state index contributed by atoms with van der Waals surface area (Å²) in [7, 11) is 0. The average molecular weight is 488 g/mol. The van der Waals surface area contributed by atoms with Gasteiger partial charge in [0, 0.05) is 36.5 Å². The number of carbonyl (C=O) groups is 1. The van der Waals surface area contributed by atoms with Gasteiger partial charge in [-0.15, -0.1) is 0 Å². The average Bonchev–Trinajstić information content (AvgIpc) is 3.46. The first-order valence-corrected chi connectivity index (χ1v) is 11.7. The zero-order chi connectivity index (χ0) is 25.0. The van der Waals surface area contributed by atoms with Crippen molar-refractivity contribution in [2.45, 2.75) is 38.9 Å². The van der Waals surface area contributed by atoms with E-state index in [1.165, 1.54) is 23.9 Å². The lowest BCUT2D eigenvalue weighted by atomic mass is 9.79. The van der Waals surface area contributed by atoms with E-state index in [0.717, 1.165) is 30.4 Å². The number of rotatable bonds is 5. The zero-order valence-corrected chi connectivity index (χ0v) is 19.4. The molecule has 0 saturated heterocycles. The number of hydrogen-bond acceptors (Lipinski definition) is 6. The second-order valence-corrected chi connectivity index (χ2v) is 9.47. The molecule has 36 heavy (non-hydrogen) atoms. The maximum Gasteiger partial charge on any atom is 0.306 e. The zero-order valence-electron chi connectivity index (χ0n) is 19.4. The molecule has 2 aromatic heterocycles. The minimum absolute atomic E-state index is 0.0451. The molecule has 9 heteroatoms. The molecule has 1 saturated carbocycles. The highest BCUT2D eigenvalue weighted by molar-refractivity contribution is 5.72. The van der Waals surface area contributed by atoms with Gasteiger partial charge >= 0.3 is 5.97 Å². The Morgan fingerprint density at radius 2 is 1.83 bits per heavy atom. The molecule has 2 aromatic carbocycles. The number of carboxylic acids is 1. The topological polar surface area (TPSA) is 92.4 Å². The Kier molecular flexibility index (Phi) is 5.37. The number of aryl methyl sites for hydroxylation is 1. The van der Waals surface area contributed by atoms with Crippen LogP contribution in [0.2, 0.25) is 0 Å². The maximum atomic E-state index is 15.1. The van der Waals surface area contributed by atoms with Gasteiger partial charge in [0.1, 0.15) is 11.6 Å². The summed E-state index contributed by atoms with van der Waals surface area (Å²) in [4.78, 5) is 21.6. The van der Waals surface area contributed by atoms with Gasteiger partial charge in [-0.05, 0) is 66.3 Å². The lowest BCUT2D eigenvalue weighted by Gasteiger charge is -2.39. The van der Waals surface area contributed by atoms with E-state index in [0.29, 0.717) is 29.8 Å². The summed E-state index contributed by atoms with van der Waals surface area (Å²) < 4.78 is 34.6. The molecule has 1 N–H and O–H groups in total. The summed E-state index contributed by atoms with van der Waals surface area (Å²) in [6.45, 7) is 3.30. The van der Waals surface area contributed by atoms with Crippen molar-refractivity contribution in [3.05, 3.63) is 77.1 Å². The lowest BCUT2D eigenvalue weighted by Crippen LogP contribution is -2.44. The van der Waals surface area contributed by atoms with E-state index in [1.807, 2.05) is 18.2 Å². The van der Waals surface area contributed by atoms with Crippen molar-refractivity contribution in [3.8, 4) is 34.0 Å². The molecule has 0 amide bonds. The Balaban J connectivity index is 1.23. The van der Waals surface area contributed by atoms with Crippen molar-refractivity contribution in [2.24, 2.45) is 5.92 Å².